The summed E-state index contributed by atoms with van der Waals surface area (Å²) >= 11 is 0. The molecule has 0 bridgehead atoms. The van der Waals surface area contributed by atoms with Gasteiger partial charge in [-0.3, -0.25) is 9.78 Å². The number of hydrogen-bond acceptors (Lipinski definition) is 2. The van der Waals surface area contributed by atoms with Crippen LogP contribution in [0.15, 0.2) is 60.9 Å². The molecule has 2 aromatic carbocycles. The predicted octanol–water partition coefficient (Wildman–Crippen LogP) is 5.04. The van der Waals surface area contributed by atoms with Crippen LogP contribution in [-0.2, 0) is 11.0 Å². The Bertz CT molecular complexity index is 991. The molecule has 1 aromatic heterocycles. The van der Waals surface area contributed by atoms with Crippen molar-refractivity contribution in [3.8, 4) is 0 Å². The lowest BCUT2D eigenvalue weighted by atomic mass is 10.1. The van der Waals surface area contributed by atoms with Crippen LogP contribution in [0.5, 0.6) is 0 Å². The summed E-state index contributed by atoms with van der Waals surface area (Å²) in [4.78, 5) is 16.1. The van der Waals surface area contributed by atoms with Crippen molar-refractivity contribution >= 4 is 28.4 Å². The highest BCUT2D eigenvalue weighted by molar-refractivity contribution is 6.07. The van der Waals surface area contributed by atoms with Gasteiger partial charge in [0, 0.05) is 34.9 Å². The Morgan fingerprint density at radius 3 is 2.65 bits per heavy atom. The number of rotatable bonds is 3. The molecule has 132 valence electrons. The lowest BCUT2D eigenvalue weighted by molar-refractivity contribution is -0.140. The Kier molecular flexibility index (Phi) is 4.71. The molecule has 1 amide bonds. The van der Waals surface area contributed by atoms with Gasteiger partial charge in [0.05, 0.1) is 5.56 Å². The Morgan fingerprint density at radius 2 is 1.92 bits per heavy atom. The summed E-state index contributed by atoms with van der Waals surface area (Å²) in [6, 6.07) is 9.54. The van der Waals surface area contributed by atoms with Crippen molar-refractivity contribution in [3.63, 3.8) is 0 Å². The molecule has 0 aliphatic carbocycles. The zero-order valence-corrected chi connectivity index (χ0v) is 13.2. The number of alkyl halides is 3. The first kappa shape index (κ1) is 17.6. The minimum absolute atomic E-state index is 0.146. The van der Waals surface area contributed by atoms with Gasteiger partial charge in [-0.25, -0.2) is 4.39 Å². The van der Waals surface area contributed by atoms with Crippen LogP contribution in [0.2, 0.25) is 0 Å². The van der Waals surface area contributed by atoms with Gasteiger partial charge >= 0.3 is 6.18 Å². The molecule has 0 saturated carbocycles. The van der Waals surface area contributed by atoms with Crippen molar-refractivity contribution in [2.24, 2.45) is 0 Å². The summed E-state index contributed by atoms with van der Waals surface area (Å²) in [6.45, 7) is 0. The van der Waals surface area contributed by atoms with Crippen LogP contribution in [-0.4, -0.2) is 10.9 Å². The van der Waals surface area contributed by atoms with Gasteiger partial charge in [-0.05, 0) is 35.9 Å². The van der Waals surface area contributed by atoms with Crippen LogP contribution in [0.25, 0.3) is 16.8 Å². The molecule has 0 saturated heterocycles. The van der Waals surface area contributed by atoms with E-state index in [9.17, 15) is 22.4 Å². The molecule has 0 radical (unpaired) electrons. The molecular formula is C19H12F4N2O. The number of aromatic nitrogens is 1. The summed E-state index contributed by atoms with van der Waals surface area (Å²) in [5.74, 6) is -1.88. The zero-order chi connectivity index (χ0) is 18.7. The largest absolute Gasteiger partial charge is 0.419 e. The number of carbonyl (C=O) groups is 1. The fourth-order valence-electron chi connectivity index (χ4n) is 2.44. The number of nitrogens with one attached hydrogen (secondary N) is 1. The molecule has 1 heterocycles. The van der Waals surface area contributed by atoms with Crippen LogP contribution >= 0.6 is 0 Å². The monoisotopic (exact) mass is 360 g/mol. The van der Waals surface area contributed by atoms with Crippen LogP contribution < -0.4 is 5.32 Å². The van der Waals surface area contributed by atoms with E-state index < -0.39 is 23.5 Å². The SMILES string of the molecule is O=C(C=Cc1ccc(C(F)(F)F)c(F)c1)Nc1cccc2cnccc12. The standard InChI is InChI=1S/C19H12F4N2O/c20-16-10-12(4-6-15(16)19(21,22)23)5-7-18(26)25-17-3-1-2-13-11-24-9-8-14(13)17/h1-11H,(H,25,26). The van der Waals surface area contributed by atoms with Crippen LogP contribution in [0.3, 0.4) is 0 Å². The van der Waals surface area contributed by atoms with E-state index in [1.165, 1.54) is 6.08 Å². The van der Waals surface area contributed by atoms with Crippen molar-refractivity contribution in [1.82, 2.24) is 4.98 Å². The molecule has 1 N–H and O–H groups in total. The van der Waals surface area contributed by atoms with E-state index in [4.69, 9.17) is 0 Å². The van der Waals surface area contributed by atoms with E-state index in [1.54, 1.807) is 30.6 Å². The van der Waals surface area contributed by atoms with Crippen molar-refractivity contribution in [2.45, 2.75) is 6.18 Å². The van der Waals surface area contributed by atoms with E-state index in [-0.39, 0.29) is 5.56 Å². The number of halogens is 4. The van der Waals surface area contributed by atoms with Gasteiger partial charge in [0.2, 0.25) is 5.91 Å². The lowest BCUT2D eigenvalue weighted by Gasteiger charge is -2.08. The number of hydrogen-bond donors (Lipinski definition) is 1. The van der Waals surface area contributed by atoms with Gasteiger partial charge in [-0.1, -0.05) is 18.2 Å². The fourth-order valence-corrected chi connectivity index (χ4v) is 2.44. The predicted molar refractivity (Wildman–Crippen MR) is 90.8 cm³/mol. The number of amides is 1. The molecule has 0 aliphatic rings. The number of nitrogens with zero attached hydrogens (tertiary/aromatic N) is 1. The summed E-state index contributed by atoms with van der Waals surface area (Å²) in [5, 5.41) is 4.32. The van der Waals surface area contributed by atoms with Crippen LogP contribution in [0.1, 0.15) is 11.1 Å². The average Bonchev–Trinajstić information content (AvgIpc) is 2.59. The first-order valence-corrected chi connectivity index (χ1v) is 7.53. The molecule has 0 spiro atoms. The maximum Gasteiger partial charge on any atom is 0.419 e. The second-order valence-electron chi connectivity index (χ2n) is 5.46. The van der Waals surface area contributed by atoms with E-state index in [1.807, 2.05) is 6.07 Å². The summed E-state index contributed by atoms with van der Waals surface area (Å²) in [6.07, 6.45) is 0.866. The topological polar surface area (TPSA) is 42.0 Å². The van der Waals surface area contributed by atoms with Gasteiger partial charge in [0.1, 0.15) is 5.82 Å². The van der Waals surface area contributed by atoms with Gasteiger partial charge in [0.15, 0.2) is 0 Å². The third-order valence-corrected chi connectivity index (χ3v) is 3.66. The van der Waals surface area contributed by atoms with Gasteiger partial charge in [-0.15, -0.1) is 0 Å². The van der Waals surface area contributed by atoms with Gasteiger partial charge < -0.3 is 5.32 Å². The molecule has 0 unspecified atom stereocenters. The average molecular weight is 360 g/mol. The Morgan fingerprint density at radius 1 is 1.12 bits per heavy atom. The first-order valence-electron chi connectivity index (χ1n) is 7.53. The van der Waals surface area contributed by atoms with E-state index >= 15 is 0 Å². The van der Waals surface area contributed by atoms with Crippen LogP contribution in [0, 0.1) is 5.82 Å². The summed E-state index contributed by atoms with van der Waals surface area (Å²) < 4.78 is 51.1. The van der Waals surface area contributed by atoms with Crippen molar-refractivity contribution in [1.29, 1.82) is 0 Å². The van der Waals surface area contributed by atoms with E-state index in [0.717, 1.165) is 29.0 Å². The highest BCUT2D eigenvalue weighted by Crippen LogP contribution is 2.31. The lowest BCUT2D eigenvalue weighted by Crippen LogP contribution is -2.09. The van der Waals surface area contributed by atoms with Crippen LogP contribution in [0.4, 0.5) is 23.2 Å². The molecule has 3 aromatic rings. The Balaban J connectivity index is 1.76. The molecule has 3 nitrogen and oxygen atoms in total. The molecular weight excluding hydrogens is 348 g/mol. The number of anilines is 1. The molecule has 0 aliphatic heterocycles. The second-order valence-corrected chi connectivity index (χ2v) is 5.46. The van der Waals surface area contributed by atoms with Crippen molar-refractivity contribution in [3.05, 3.63) is 77.9 Å². The highest BCUT2D eigenvalue weighted by atomic mass is 19.4. The molecule has 7 heteroatoms. The van der Waals surface area contributed by atoms with E-state index in [2.05, 4.69) is 10.3 Å². The maximum atomic E-state index is 13.5. The van der Waals surface area contributed by atoms with E-state index in [0.29, 0.717) is 11.8 Å². The Hall–Kier alpha value is -3.22. The Labute approximate surface area is 146 Å². The van der Waals surface area contributed by atoms with Crippen molar-refractivity contribution in [2.75, 3.05) is 5.32 Å². The van der Waals surface area contributed by atoms with Gasteiger partial charge in [0.25, 0.3) is 0 Å². The molecule has 0 fully saturated rings. The highest BCUT2D eigenvalue weighted by Gasteiger charge is 2.33. The maximum absolute atomic E-state index is 13.5. The third kappa shape index (κ3) is 3.88. The normalized spacial score (nSPS) is 11.8. The quantitative estimate of drug-likeness (QED) is 0.525. The van der Waals surface area contributed by atoms with Gasteiger partial charge in [-0.2, -0.15) is 13.2 Å². The molecule has 26 heavy (non-hydrogen) atoms. The zero-order valence-electron chi connectivity index (χ0n) is 13.2. The number of pyridine rings is 1. The number of fused-ring (bicyclic) bond motifs is 1. The smallest absolute Gasteiger partial charge is 0.322 e. The summed E-state index contributed by atoms with van der Waals surface area (Å²) in [7, 11) is 0. The summed E-state index contributed by atoms with van der Waals surface area (Å²) in [5.41, 5.74) is -0.630. The molecule has 3 rings (SSSR count). The number of carbonyl (C=O) groups excluding carboxylic acids is 1. The number of benzene rings is 2. The first-order chi connectivity index (χ1) is 12.3. The second kappa shape index (κ2) is 6.95. The minimum Gasteiger partial charge on any atom is -0.322 e. The third-order valence-electron chi connectivity index (χ3n) is 3.66. The minimum atomic E-state index is -4.76. The fraction of sp³-hybridized carbons (Fsp3) is 0.0526. The molecule has 0 atom stereocenters. The van der Waals surface area contributed by atoms with Crippen molar-refractivity contribution < 1.29 is 22.4 Å².